The number of thioether (sulfide) groups is 1. The van der Waals surface area contributed by atoms with Crippen LogP contribution in [0, 0.1) is 5.41 Å². The van der Waals surface area contributed by atoms with E-state index in [4.69, 9.17) is 11.6 Å². The van der Waals surface area contributed by atoms with E-state index in [9.17, 15) is 18.4 Å². The van der Waals surface area contributed by atoms with Crippen LogP contribution in [0.15, 0.2) is 23.2 Å². The zero-order valence-electron chi connectivity index (χ0n) is 16.1. The lowest BCUT2D eigenvalue weighted by molar-refractivity contribution is -0.129. The van der Waals surface area contributed by atoms with Crippen LogP contribution in [-0.2, 0) is 9.59 Å². The number of carbonyl (C=O) groups is 2. The molecule has 1 atom stereocenters. The van der Waals surface area contributed by atoms with E-state index in [-0.39, 0.29) is 34.4 Å². The van der Waals surface area contributed by atoms with E-state index >= 15 is 0 Å². The maximum Gasteiger partial charge on any atom is 0.387 e. The first-order chi connectivity index (χ1) is 13.7. The fourth-order valence-electron chi connectivity index (χ4n) is 2.91. The van der Waals surface area contributed by atoms with Crippen molar-refractivity contribution in [3.63, 3.8) is 0 Å². The summed E-state index contributed by atoms with van der Waals surface area (Å²) in [6, 6.07) is 4.21. The largest absolute Gasteiger partial charge is 0.433 e. The Kier molecular flexibility index (Phi) is 6.68. The number of carbonyl (C=O) groups excluding carboxylic acids is 2. The Morgan fingerprint density at radius 1 is 1.48 bits per heavy atom. The van der Waals surface area contributed by atoms with Crippen LogP contribution in [-0.4, -0.2) is 47.3 Å². The Hall–Kier alpha value is -1.87. The number of aliphatic imine (C=N–C) groups is 1. The summed E-state index contributed by atoms with van der Waals surface area (Å²) < 4.78 is 29.1. The number of ether oxygens (including phenoxy) is 1. The minimum Gasteiger partial charge on any atom is -0.433 e. The van der Waals surface area contributed by atoms with E-state index in [2.05, 4.69) is 22.0 Å². The summed E-state index contributed by atoms with van der Waals surface area (Å²) in [6.07, 6.45) is 3.19. The molecule has 2 fully saturated rings. The molecule has 1 heterocycles. The van der Waals surface area contributed by atoms with Crippen LogP contribution in [0.3, 0.4) is 0 Å². The smallest absolute Gasteiger partial charge is 0.387 e. The van der Waals surface area contributed by atoms with E-state index < -0.39 is 11.9 Å². The molecule has 29 heavy (non-hydrogen) atoms. The predicted molar refractivity (Wildman–Crippen MR) is 109 cm³/mol. The van der Waals surface area contributed by atoms with Gasteiger partial charge in [-0.1, -0.05) is 30.3 Å². The highest BCUT2D eigenvalue weighted by Gasteiger charge is 2.42. The van der Waals surface area contributed by atoms with Gasteiger partial charge in [0.1, 0.15) is 11.0 Å². The van der Waals surface area contributed by atoms with E-state index in [0.29, 0.717) is 17.4 Å². The molecule has 1 saturated carbocycles. The molecule has 1 unspecified atom stereocenters. The van der Waals surface area contributed by atoms with Gasteiger partial charge in [-0.15, -0.1) is 0 Å². The van der Waals surface area contributed by atoms with Gasteiger partial charge in [-0.3, -0.25) is 14.5 Å². The molecule has 0 radical (unpaired) electrons. The third-order valence-electron chi connectivity index (χ3n) is 5.07. The first-order valence-corrected chi connectivity index (χ1v) is 10.5. The highest BCUT2D eigenvalue weighted by Crippen LogP contribution is 2.48. The molecule has 1 N–H and O–H groups in total. The van der Waals surface area contributed by atoms with Gasteiger partial charge >= 0.3 is 6.61 Å². The van der Waals surface area contributed by atoms with Gasteiger partial charge in [0.05, 0.1) is 10.7 Å². The summed E-state index contributed by atoms with van der Waals surface area (Å²) in [6.45, 7) is -0.273. The lowest BCUT2D eigenvalue weighted by Gasteiger charge is -2.19. The van der Waals surface area contributed by atoms with Crippen molar-refractivity contribution in [1.82, 2.24) is 10.2 Å². The van der Waals surface area contributed by atoms with E-state index in [1.54, 1.807) is 4.90 Å². The van der Waals surface area contributed by atoms with Crippen LogP contribution < -0.4 is 10.1 Å². The first kappa shape index (κ1) is 21.8. The molecular weight excluding hydrogens is 424 g/mol. The molecule has 1 aromatic carbocycles. The number of amidine groups is 1. The second-order valence-corrected chi connectivity index (χ2v) is 9.00. The Morgan fingerprint density at radius 2 is 2.21 bits per heavy atom. The van der Waals surface area contributed by atoms with E-state index in [0.717, 1.165) is 19.3 Å². The SMILES string of the molecule is CNC(=O)CC1SC(=Nc2ccc(OC(F)F)c(Cl)c2)N(CCC2(C)CC2)C1=O. The Balaban J connectivity index is 1.81. The van der Waals surface area contributed by atoms with Gasteiger partial charge in [0.2, 0.25) is 11.8 Å². The van der Waals surface area contributed by atoms with Gasteiger partial charge in [0.25, 0.3) is 0 Å². The van der Waals surface area contributed by atoms with Gasteiger partial charge in [0.15, 0.2) is 5.17 Å². The van der Waals surface area contributed by atoms with Crippen LogP contribution in [0.4, 0.5) is 14.5 Å². The standard InChI is InChI=1S/C19H22ClF2N3O3S/c1-19(5-6-19)7-8-25-16(27)14(10-15(26)23-2)29-18(25)24-11-3-4-13(12(20)9-11)28-17(21)22/h3-4,9,14,17H,5-8,10H2,1-2H3,(H,23,26). The Labute approximate surface area is 177 Å². The van der Waals surface area contributed by atoms with Crippen molar-refractivity contribution < 1.29 is 23.1 Å². The summed E-state index contributed by atoms with van der Waals surface area (Å²) in [5.74, 6) is -0.509. The fourth-order valence-corrected chi connectivity index (χ4v) is 4.31. The molecule has 1 saturated heterocycles. The van der Waals surface area contributed by atoms with E-state index in [1.165, 1.54) is 37.0 Å². The molecule has 1 aliphatic heterocycles. The number of alkyl halides is 2. The third-order valence-corrected chi connectivity index (χ3v) is 6.54. The van der Waals surface area contributed by atoms with Gasteiger partial charge < -0.3 is 10.1 Å². The maximum atomic E-state index is 12.9. The zero-order chi connectivity index (χ0) is 21.2. The summed E-state index contributed by atoms with van der Waals surface area (Å²) >= 11 is 7.23. The molecule has 2 amide bonds. The Bertz CT molecular complexity index is 833. The summed E-state index contributed by atoms with van der Waals surface area (Å²) in [5, 5.41) is 2.47. The highest BCUT2D eigenvalue weighted by molar-refractivity contribution is 8.15. The van der Waals surface area contributed by atoms with Gasteiger partial charge in [-0.2, -0.15) is 8.78 Å². The molecule has 1 aliphatic carbocycles. The molecule has 3 rings (SSSR count). The van der Waals surface area contributed by atoms with Crippen LogP contribution in [0.2, 0.25) is 5.02 Å². The minimum absolute atomic E-state index is 0.000394. The second-order valence-electron chi connectivity index (χ2n) is 7.42. The molecule has 0 aromatic heterocycles. The average molecular weight is 446 g/mol. The fraction of sp³-hybridized carbons (Fsp3) is 0.526. The number of hydrogen-bond donors (Lipinski definition) is 1. The quantitative estimate of drug-likeness (QED) is 0.651. The number of nitrogens with zero attached hydrogens (tertiary/aromatic N) is 2. The first-order valence-electron chi connectivity index (χ1n) is 9.22. The molecular formula is C19H22ClF2N3O3S. The summed E-state index contributed by atoms with van der Waals surface area (Å²) in [5.41, 5.74) is 0.669. The minimum atomic E-state index is -2.97. The average Bonchev–Trinajstić information content (AvgIpc) is 3.32. The van der Waals surface area contributed by atoms with Crippen molar-refractivity contribution in [3.05, 3.63) is 23.2 Å². The van der Waals surface area contributed by atoms with Crippen molar-refractivity contribution in [3.8, 4) is 5.75 Å². The van der Waals surface area contributed by atoms with Crippen LogP contribution >= 0.6 is 23.4 Å². The lowest BCUT2D eigenvalue weighted by atomic mass is 10.1. The molecule has 0 spiro atoms. The number of hydrogen-bond acceptors (Lipinski definition) is 5. The van der Waals surface area contributed by atoms with Gasteiger partial charge in [-0.25, -0.2) is 4.99 Å². The number of benzene rings is 1. The molecule has 158 valence electrons. The topological polar surface area (TPSA) is 71.0 Å². The van der Waals surface area contributed by atoms with Crippen molar-refractivity contribution >= 4 is 46.0 Å². The van der Waals surface area contributed by atoms with Crippen molar-refractivity contribution in [2.75, 3.05) is 13.6 Å². The molecule has 10 heteroatoms. The second kappa shape index (κ2) is 8.87. The molecule has 0 bridgehead atoms. The van der Waals surface area contributed by atoms with Crippen molar-refractivity contribution in [2.24, 2.45) is 10.4 Å². The summed E-state index contributed by atoms with van der Waals surface area (Å²) in [4.78, 5) is 30.7. The van der Waals surface area contributed by atoms with Crippen molar-refractivity contribution in [1.29, 1.82) is 0 Å². The number of amides is 2. The van der Waals surface area contributed by atoms with Gasteiger partial charge in [-0.05, 0) is 42.9 Å². The number of rotatable bonds is 8. The molecule has 1 aromatic rings. The molecule has 6 nitrogen and oxygen atoms in total. The molecule has 2 aliphatic rings. The number of nitrogens with one attached hydrogen (secondary N) is 1. The summed E-state index contributed by atoms with van der Waals surface area (Å²) in [7, 11) is 1.53. The lowest BCUT2D eigenvalue weighted by Crippen LogP contribution is -2.35. The van der Waals surface area contributed by atoms with Crippen molar-refractivity contribution in [2.45, 2.75) is 44.5 Å². The van der Waals surface area contributed by atoms with Crippen LogP contribution in [0.5, 0.6) is 5.75 Å². The third kappa shape index (κ3) is 5.60. The monoisotopic (exact) mass is 445 g/mol. The maximum absolute atomic E-state index is 12.9. The van der Waals surface area contributed by atoms with Crippen LogP contribution in [0.1, 0.15) is 32.6 Å². The van der Waals surface area contributed by atoms with Gasteiger partial charge in [0, 0.05) is 20.0 Å². The van der Waals surface area contributed by atoms with Crippen LogP contribution in [0.25, 0.3) is 0 Å². The Morgan fingerprint density at radius 3 is 2.79 bits per heavy atom. The van der Waals surface area contributed by atoms with E-state index in [1.807, 2.05) is 0 Å². The predicted octanol–water partition coefficient (Wildman–Crippen LogP) is 4.20. The zero-order valence-corrected chi connectivity index (χ0v) is 17.7. The number of halogens is 3. The highest BCUT2D eigenvalue weighted by atomic mass is 35.5. The normalized spacial score (nSPS) is 21.7.